The van der Waals surface area contributed by atoms with Crippen LogP contribution in [0.1, 0.15) is 23.6 Å². The fourth-order valence-corrected chi connectivity index (χ4v) is 5.42. The van der Waals surface area contributed by atoms with Crippen LogP contribution in [-0.2, 0) is 21.4 Å². The zero-order chi connectivity index (χ0) is 22.9. The first-order chi connectivity index (χ1) is 15.2. The average Bonchev–Trinajstić information content (AvgIpc) is 2.78. The summed E-state index contributed by atoms with van der Waals surface area (Å²) in [6.45, 7) is 0. The zero-order valence-corrected chi connectivity index (χ0v) is 18.9. The van der Waals surface area contributed by atoms with Crippen molar-refractivity contribution in [2.45, 2.75) is 24.9 Å². The molecule has 0 saturated carbocycles. The van der Waals surface area contributed by atoms with Gasteiger partial charge < -0.3 is 0 Å². The van der Waals surface area contributed by atoms with Crippen molar-refractivity contribution in [2.24, 2.45) is 0 Å². The van der Waals surface area contributed by atoms with Crippen LogP contribution in [0.5, 0.6) is 0 Å². The first-order valence-electron chi connectivity index (χ1n) is 10.1. The Labute approximate surface area is 192 Å². The lowest BCUT2D eigenvalue weighted by Gasteiger charge is -2.36. The number of carbonyl (C=O) groups excluding carboxylic acids is 1. The lowest BCUT2D eigenvalue weighted by molar-refractivity contribution is -0.122. The van der Waals surface area contributed by atoms with E-state index in [2.05, 4.69) is 4.72 Å². The predicted octanol–water partition coefficient (Wildman–Crippen LogP) is 4.54. The molecule has 0 amide bonds. The maximum Gasteiger partial charge on any atom is 0.280 e. The highest BCUT2D eigenvalue weighted by molar-refractivity contribution is 7.87. The highest BCUT2D eigenvalue weighted by Gasteiger charge is 2.40. The maximum absolute atomic E-state index is 13.4. The molecule has 3 aromatic carbocycles. The minimum absolute atomic E-state index is 0.0404. The van der Waals surface area contributed by atoms with Crippen LogP contribution in [0.2, 0.25) is 5.02 Å². The molecule has 1 saturated heterocycles. The Hall–Kier alpha value is -2.58. The molecule has 1 heterocycles. The molecule has 5 nitrogen and oxygen atoms in total. The molecule has 0 aliphatic carbocycles. The summed E-state index contributed by atoms with van der Waals surface area (Å²) in [6.07, 6.45) is 0.239. The standard InChI is InChI=1S/C24H22ClFN2O3S/c1-28-23(24(29)13-16-10-11-21(26)20(25)12-16)15-22(27-32(28,30)31)19-9-5-8-18(14-19)17-6-3-2-4-7-17/h2-12,14,22-23,27H,13,15H2,1H3/t22-,23+/m0/s1. The van der Waals surface area contributed by atoms with Crippen molar-refractivity contribution in [3.05, 3.63) is 94.8 Å². The predicted molar refractivity (Wildman–Crippen MR) is 123 cm³/mol. The van der Waals surface area contributed by atoms with E-state index in [1.165, 1.54) is 25.2 Å². The summed E-state index contributed by atoms with van der Waals surface area (Å²) in [4.78, 5) is 13.1. The van der Waals surface area contributed by atoms with E-state index in [9.17, 15) is 17.6 Å². The molecular formula is C24H22ClFN2O3S. The second-order valence-electron chi connectivity index (χ2n) is 7.83. The smallest absolute Gasteiger partial charge is 0.280 e. The van der Waals surface area contributed by atoms with Gasteiger partial charge in [-0.1, -0.05) is 66.2 Å². The van der Waals surface area contributed by atoms with Crippen molar-refractivity contribution in [3.63, 3.8) is 0 Å². The third-order valence-corrected chi connectivity index (χ3v) is 7.58. The van der Waals surface area contributed by atoms with Crippen LogP contribution in [0.4, 0.5) is 4.39 Å². The number of ketones is 1. The average molecular weight is 473 g/mol. The monoisotopic (exact) mass is 472 g/mol. The van der Waals surface area contributed by atoms with Crippen LogP contribution in [0.15, 0.2) is 72.8 Å². The second kappa shape index (κ2) is 9.11. The van der Waals surface area contributed by atoms with Crippen molar-refractivity contribution >= 4 is 27.6 Å². The fraction of sp³-hybridized carbons (Fsp3) is 0.208. The molecule has 0 spiro atoms. The molecule has 2 atom stereocenters. The van der Waals surface area contributed by atoms with Gasteiger partial charge in [-0.2, -0.15) is 17.4 Å². The van der Waals surface area contributed by atoms with Gasteiger partial charge in [-0.15, -0.1) is 0 Å². The highest BCUT2D eigenvalue weighted by Crippen LogP contribution is 2.31. The van der Waals surface area contributed by atoms with E-state index < -0.39 is 28.1 Å². The minimum Gasteiger partial charge on any atom is -0.298 e. The van der Waals surface area contributed by atoms with Crippen molar-refractivity contribution in [2.75, 3.05) is 7.05 Å². The topological polar surface area (TPSA) is 66.5 Å². The molecule has 1 fully saturated rings. The molecule has 1 aliphatic heterocycles. The van der Waals surface area contributed by atoms with E-state index >= 15 is 0 Å². The third kappa shape index (κ3) is 4.76. The van der Waals surface area contributed by atoms with Gasteiger partial charge in [0.25, 0.3) is 10.2 Å². The van der Waals surface area contributed by atoms with Gasteiger partial charge >= 0.3 is 0 Å². The Morgan fingerprint density at radius 1 is 1.06 bits per heavy atom. The molecule has 8 heteroatoms. The number of hydrogen-bond donors (Lipinski definition) is 1. The van der Waals surface area contributed by atoms with Crippen molar-refractivity contribution in [1.82, 2.24) is 9.03 Å². The Bertz CT molecular complexity index is 1250. The van der Waals surface area contributed by atoms with Gasteiger partial charge in [0.05, 0.1) is 11.1 Å². The van der Waals surface area contributed by atoms with Gasteiger partial charge in [0.1, 0.15) is 5.82 Å². The van der Waals surface area contributed by atoms with Crippen molar-refractivity contribution in [1.29, 1.82) is 0 Å². The number of benzene rings is 3. The number of likely N-dealkylation sites (N-methyl/N-ethyl adjacent to an activating group) is 1. The van der Waals surface area contributed by atoms with E-state index in [4.69, 9.17) is 11.6 Å². The zero-order valence-electron chi connectivity index (χ0n) is 17.3. The number of Topliss-reactive ketones (excluding diaryl/α,β-unsaturated/α-hetero) is 1. The van der Waals surface area contributed by atoms with Gasteiger partial charge in [0, 0.05) is 19.5 Å². The van der Waals surface area contributed by atoms with Crippen molar-refractivity contribution < 1.29 is 17.6 Å². The van der Waals surface area contributed by atoms with Gasteiger partial charge in [0.2, 0.25) is 0 Å². The van der Waals surface area contributed by atoms with Crippen LogP contribution in [0, 0.1) is 5.82 Å². The molecule has 0 bridgehead atoms. The van der Waals surface area contributed by atoms with Gasteiger partial charge in [-0.3, -0.25) is 4.79 Å². The Morgan fingerprint density at radius 2 is 1.78 bits per heavy atom. The van der Waals surface area contributed by atoms with Crippen molar-refractivity contribution in [3.8, 4) is 11.1 Å². The molecular weight excluding hydrogens is 451 g/mol. The summed E-state index contributed by atoms with van der Waals surface area (Å²) in [7, 11) is -2.47. The Kier molecular flexibility index (Phi) is 6.44. The number of rotatable bonds is 5. The molecule has 1 N–H and O–H groups in total. The molecule has 3 aromatic rings. The van der Waals surface area contributed by atoms with E-state index in [1.807, 2.05) is 54.6 Å². The van der Waals surface area contributed by atoms with E-state index in [-0.39, 0.29) is 23.6 Å². The summed E-state index contributed by atoms with van der Waals surface area (Å²) in [5, 5.41) is -0.0720. The summed E-state index contributed by atoms with van der Waals surface area (Å²) in [5.41, 5.74) is 3.30. The molecule has 32 heavy (non-hydrogen) atoms. The Balaban J connectivity index is 1.60. The van der Waals surface area contributed by atoms with Gasteiger partial charge in [-0.05, 0) is 46.9 Å². The number of nitrogens with zero attached hydrogens (tertiary/aromatic N) is 1. The molecule has 0 unspecified atom stereocenters. The number of hydrogen-bond acceptors (Lipinski definition) is 3. The normalized spacial score (nSPS) is 20.7. The lowest BCUT2D eigenvalue weighted by Crippen LogP contribution is -2.55. The first-order valence-corrected chi connectivity index (χ1v) is 11.9. The number of halogens is 2. The van der Waals surface area contributed by atoms with Crippen LogP contribution in [-0.4, -0.2) is 31.6 Å². The quantitative estimate of drug-likeness (QED) is 0.593. The van der Waals surface area contributed by atoms with Gasteiger partial charge in [0.15, 0.2) is 5.78 Å². The van der Waals surface area contributed by atoms with Gasteiger partial charge in [-0.25, -0.2) is 4.39 Å². The molecule has 4 rings (SSSR count). The summed E-state index contributed by atoms with van der Waals surface area (Å²) in [5.74, 6) is -0.841. The minimum atomic E-state index is -3.86. The highest BCUT2D eigenvalue weighted by atomic mass is 35.5. The molecule has 1 aliphatic rings. The third-order valence-electron chi connectivity index (χ3n) is 5.70. The van der Waals surface area contributed by atoms with Crippen LogP contribution >= 0.6 is 11.6 Å². The van der Waals surface area contributed by atoms with E-state index in [1.54, 1.807) is 0 Å². The SMILES string of the molecule is CN1[C@@H](C(=O)Cc2ccc(F)c(Cl)c2)C[C@@H](c2cccc(-c3ccccc3)c2)NS1(=O)=O. The first kappa shape index (κ1) is 22.6. The van der Waals surface area contributed by atoms with Crippen LogP contribution < -0.4 is 4.72 Å². The summed E-state index contributed by atoms with van der Waals surface area (Å²) in [6, 6.07) is 20.1. The maximum atomic E-state index is 13.4. The van der Waals surface area contributed by atoms with Crippen LogP contribution in [0.25, 0.3) is 11.1 Å². The van der Waals surface area contributed by atoms with E-state index in [0.717, 1.165) is 21.0 Å². The van der Waals surface area contributed by atoms with Crippen LogP contribution in [0.3, 0.4) is 0 Å². The molecule has 0 aromatic heterocycles. The fourth-order valence-electron chi connectivity index (χ4n) is 3.92. The largest absolute Gasteiger partial charge is 0.298 e. The lowest BCUT2D eigenvalue weighted by atomic mass is 9.93. The second-order valence-corrected chi connectivity index (χ2v) is 10.00. The Morgan fingerprint density at radius 3 is 2.50 bits per heavy atom. The summed E-state index contributed by atoms with van der Waals surface area (Å²) < 4.78 is 42.7. The number of nitrogens with one attached hydrogen (secondary N) is 1. The molecule has 166 valence electrons. The summed E-state index contributed by atoms with van der Waals surface area (Å²) >= 11 is 5.82. The van der Waals surface area contributed by atoms with E-state index in [0.29, 0.717) is 5.56 Å². The number of carbonyl (C=O) groups is 1. The molecule has 0 radical (unpaired) electrons.